The second-order valence-corrected chi connectivity index (χ2v) is 4.97. The molecule has 20 heavy (non-hydrogen) atoms. The van der Waals surface area contributed by atoms with E-state index in [0.29, 0.717) is 11.4 Å². The van der Waals surface area contributed by atoms with Crippen molar-refractivity contribution in [2.24, 2.45) is 0 Å². The number of halogens is 1. The number of nitrogens with one attached hydrogen (secondary N) is 2. The summed E-state index contributed by atoms with van der Waals surface area (Å²) < 4.78 is 6.03. The summed E-state index contributed by atoms with van der Waals surface area (Å²) in [6.07, 6.45) is 0. The average Bonchev–Trinajstić information content (AvgIpc) is 2.46. The first kappa shape index (κ1) is 14.4. The van der Waals surface area contributed by atoms with Crippen LogP contribution in [0.25, 0.3) is 0 Å². The van der Waals surface area contributed by atoms with Gasteiger partial charge >= 0.3 is 0 Å². The minimum atomic E-state index is -0.117. The molecule has 0 atom stereocenters. The number of para-hydroxylation sites is 1. The van der Waals surface area contributed by atoms with Crippen molar-refractivity contribution in [2.45, 2.75) is 0 Å². The smallest absolute Gasteiger partial charge is 0.243 e. The molecule has 0 aromatic heterocycles. The average molecular weight is 335 g/mol. The predicted octanol–water partition coefficient (Wildman–Crippen LogP) is 3.51. The quantitative estimate of drug-likeness (QED) is 0.879. The van der Waals surface area contributed by atoms with Crippen molar-refractivity contribution >= 4 is 33.2 Å². The lowest BCUT2D eigenvalue weighted by Crippen LogP contribution is -2.21. The van der Waals surface area contributed by atoms with Crippen LogP contribution in [-0.2, 0) is 4.79 Å². The summed E-state index contributed by atoms with van der Waals surface area (Å²) in [5.74, 6) is 0.593. The van der Waals surface area contributed by atoms with Crippen molar-refractivity contribution in [1.29, 1.82) is 0 Å². The number of benzene rings is 2. The monoisotopic (exact) mass is 334 g/mol. The molecule has 2 N–H and O–H groups in total. The van der Waals surface area contributed by atoms with E-state index >= 15 is 0 Å². The number of hydrogen-bond acceptors (Lipinski definition) is 3. The lowest BCUT2D eigenvalue weighted by atomic mass is 10.3. The topological polar surface area (TPSA) is 50.4 Å². The fourth-order valence-electron chi connectivity index (χ4n) is 1.69. The number of anilines is 2. The fourth-order valence-corrected chi connectivity index (χ4v) is 2.11. The van der Waals surface area contributed by atoms with Crippen LogP contribution >= 0.6 is 15.9 Å². The minimum Gasteiger partial charge on any atom is -0.497 e. The number of carbonyl (C=O) groups is 1. The summed E-state index contributed by atoms with van der Waals surface area (Å²) in [6, 6.07) is 14.9. The molecular formula is C15H15BrN2O2. The highest BCUT2D eigenvalue weighted by Gasteiger charge is 2.04. The molecule has 2 aromatic rings. The zero-order chi connectivity index (χ0) is 14.4. The maximum atomic E-state index is 11.9. The zero-order valence-corrected chi connectivity index (χ0v) is 12.6. The summed E-state index contributed by atoms with van der Waals surface area (Å²) in [7, 11) is 1.59. The minimum absolute atomic E-state index is 0.117. The third-order valence-corrected chi connectivity index (χ3v) is 3.36. The van der Waals surface area contributed by atoms with Gasteiger partial charge in [-0.25, -0.2) is 0 Å². The third-order valence-electron chi connectivity index (χ3n) is 2.67. The molecule has 5 heteroatoms. The van der Waals surface area contributed by atoms with Crippen LogP contribution in [0, 0.1) is 0 Å². The van der Waals surface area contributed by atoms with Gasteiger partial charge in [0, 0.05) is 21.9 Å². The van der Waals surface area contributed by atoms with Crippen LogP contribution in [0.2, 0.25) is 0 Å². The Morgan fingerprint density at radius 3 is 2.75 bits per heavy atom. The molecule has 0 spiro atoms. The molecule has 0 aliphatic carbocycles. The molecule has 0 saturated heterocycles. The highest BCUT2D eigenvalue weighted by molar-refractivity contribution is 9.10. The molecule has 2 rings (SSSR count). The maximum absolute atomic E-state index is 11.9. The summed E-state index contributed by atoms with van der Waals surface area (Å²) in [5, 5.41) is 5.88. The largest absolute Gasteiger partial charge is 0.497 e. The van der Waals surface area contributed by atoms with E-state index in [1.54, 1.807) is 13.2 Å². The van der Waals surface area contributed by atoms with Crippen LogP contribution in [0.3, 0.4) is 0 Å². The summed E-state index contributed by atoms with van der Waals surface area (Å²) >= 11 is 3.42. The molecule has 1 amide bonds. The van der Waals surface area contributed by atoms with Gasteiger partial charge in [-0.15, -0.1) is 0 Å². The van der Waals surface area contributed by atoms with Crippen molar-refractivity contribution in [3.8, 4) is 5.75 Å². The van der Waals surface area contributed by atoms with Crippen LogP contribution in [0.5, 0.6) is 5.75 Å². The van der Waals surface area contributed by atoms with Crippen molar-refractivity contribution in [1.82, 2.24) is 0 Å². The van der Waals surface area contributed by atoms with Gasteiger partial charge in [0.15, 0.2) is 0 Å². The van der Waals surface area contributed by atoms with Gasteiger partial charge in [0.05, 0.1) is 13.7 Å². The molecule has 2 aromatic carbocycles. The van der Waals surface area contributed by atoms with Gasteiger partial charge in [0.25, 0.3) is 0 Å². The molecule has 0 aliphatic heterocycles. The van der Waals surface area contributed by atoms with Crippen molar-refractivity contribution < 1.29 is 9.53 Å². The Morgan fingerprint density at radius 1 is 1.20 bits per heavy atom. The summed E-state index contributed by atoms with van der Waals surface area (Å²) in [6.45, 7) is 0.194. The molecule has 0 heterocycles. The first-order valence-corrected chi connectivity index (χ1v) is 6.90. The molecule has 0 fully saturated rings. The van der Waals surface area contributed by atoms with E-state index in [9.17, 15) is 4.79 Å². The maximum Gasteiger partial charge on any atom is 0.243 e. The van der Waals surface area contributed by atoms with E-state index in [4.69, 9.17) is 4.74 Å². The van der Waals surface area contributed by atoms with Crippen molar-refractivity contribution in [2.75, 3.05) is 24.3 Å². The lowest BCUT2D eigenvalue weighted by molar-refractivity contribution is -0.114. The molecule has 0 aliphatic rings. The van der Waals surface area contributed by atoms with Gasteiger partial charge in [-0.3, -0.25) is 4.79 Å². The Kier molecular flexibility index (Phi) is 5.01. The standard InChI is InChI=1S/C15H15BrN2O2/c1-20-12-6-4-5-11(9-12)18-15(19)10-17-14-8-3-2-7-13(14)16/h2-9,17H,10H2,1H3,(H,18,19). The van der Waals surface area contributed by atoms with Gasteiger partial charge in [0.2, 0.25) is 5.91 Å². The molecule has 104 valence electrons. The Hall–Kier alpha value is -2.01. The van der Waals surface area contributed by atoms with Crippen molar-refractivity contribution in [3.63, 3.8) is 0 Å². The number of methoxy groups -OCH3 is 1. The van der Waals surface area contributed by atoms with E-state index in [1.807, 2.05) is 42.5 Å². The van der Waals surface area contributed by atoms with Crippen molar-refractivity contribution in [3.05, 3.63) is 53.0 Å². The second-order valence-electron chi connectivity index (χ2n) is 4.11. The molecule has 0 radical (unpaired) electrons. The number of amides is 1. The van der Waals surface area contributed by atoms with E-state index in [-0.39, 0.29) is 12.5 Å². The van der Waals surface area contributed by atoms with Crippen LogP contribution in [0.15, 0.2) is 53.0 Å². The summed E-state index contributed by atoms with van der Waals surface area (Å²) in [4.78, 5) is 11.9. The van der Waals surface area contributed by atoms with Crippen LogP contribution in [0.1, 0.15) is 0 Å². The number of rotatable bonds is 5. The number of hydrogen-bond donors (Lipinski definition) is 2. The summed E-state index contributed by atoms with van der Waals surface area (Å²) in [5.41, 5.74) is 1.59. The van der Waals surface area contributed by atoms with E-state index in [2.05, 4.69) is 26.6 Å². The van der Waals surface area contributed by atoms with Crippen LogP contribution < -0.4 is 15.4 Å². The highest BCUT2D eigenvalue weighted by atomic mass is 79.9. The number of ether oxygens (including phenoxy) is 1. The van der Waals surface area contributed by atoms with Gasteiger partial charge in [-0.1, -0.05) is 18.2 Å². The Bertz CT molecular complexity index is 602. The second kappa shape index (κ2) is 6.96. The third kappa shape index (κ3) is 3.99. The zero-order valence-electron chi connectivity index (χ0n) is 11.0. The first-order valence-electron chi connectivity index (χ1n) is 6.11. The van der Waals surface area contributed by atoms with Gasteiger partial charge in [0.1, 0.15) is 5.75 Å². The Labute approximate surface area is 126 Å². The van der Waals surface area contributed by atoms with Crippen LogP contribution in [0.4, 0.5) is 11.4 Å². The molecule has 0 unspecified atom stereocenters. The van der Waals surface area contributed by atoms with Crippen LogP contribution in [-0.4, -0.2) is 19.6 Å². The predicted molar refractivity (Wildman–Crippen MR) is 84.3 cm³/mol. The van der Waals surface area contributed by atoms with Gasteiger partial charge in [-0.05, 0) is 40.2 Å². The highest BCUT2D eigenvalue weighted by Crippen LogP contribution is 2.21. The Balaban J connectivity index is 1.91. The fraction of sp³-hybridized carbons (Fsp3) is 0.133. The number of carbonyl (C=O) groups excluding carboxylic acids is 1. The van der Waals surface area contributed by atoms with E-state index < -0.39 is 0 Å². The van der Waals surface area contributed by atoms with E-state index in [0.717, 1.165) is 10.2 Å². The first-order chi connectivity index (χ1) is 9.69. The lowest BCUT2D eigenvalue weighted by Gasteiger charge is -2.09. The normalized spacial score (nSPS) is 9.90. The van der Waals surface area contributed by atoms with Gasteiger partial charge in [-0.2, -0.15) is 0 Å². The molecular weight excluding hydrogens is 320 g/mol. The van der Waals surface area contributed by atoms with E-state index in [1.165, 1.54) is 0 Å². The molecule has 0 saturated carbocycles. The molecule has 4 nitrogen and oxygen atoms in total. The molecule has 0 bridgehead atoms. The Morgan fingerprint density at radius 2 is 2.00 bits per heavy atom. The van der Waals surface area contributed by atoms with Gasteiger partial charge < -0.3 is 15.4 Å². The SMILES string of the molecule is COc1cccc(NC(=O)CNc2ccccc2Br)c1.